The van der Waals surface area contributed by atoms with Crippen molar-refractivity contribution in [2.24, 2.45) is 0 Å². The number of likely N-dealkylation sites (N-methyl/N-ethyl adjacent to an activating group) is 1. The first-order valence-corrected chi connectivity index (χ1v) is 10.8. The highest BCUT2D eigenvalue weighted by molar-refractivity contribution is 7.10. The van der Waals surface area contributed by atoms with Crippen LogP contribution in [-0.2, 0) is 16.0 Å². The molecule has 6 nitrogen and oxygen atoms in total. The van der Waals surface area contributed by atoms with Crippen LogP contribution in [0.2, 0.25) is 0 Å². The van der Waals surface area contributed by atoms with Gasteiger partial charge in [0.05, 0.1) is 19.6 Å². The summed E-state index contributed by atoms with van der Waals surface area (Å²) in [5.41, 5.74) is 1.03. The Morgan fingerprint density at radius 1 is 1.28 bits per heavy atom. The molecule has 29 heavy (non-hydrogen) atoms. The molecule has 0 bridgehead atoms. The average Bonchev–Trinajstić information content (AvgIpc) is 3.40. The lowest BCUT2D eigenvalue weighted by atomic mass is 10.0. The summed E-state index contributed by atoms with van der Waals surface area (Å²) in [7, 11) is 5.62. The molecule has 1 fully saturated rings. The third-order valence-corrected chi connectivity index (χ3v) is 6.25. The molecular formula is C22H29N3O3S. The molecule has 1 aromatic carbocycles. The summed E-state index contributed by atoms with van der Waals surface area (Å²) < 4.78 is 5.49. The molecule has 2 aromatic rings. The maximum absolute atomic E-state index is 12.9. The van der Waals surface area contributed by atoms with E-state index >= 15 is 0 Å². The summed E-state index contributed by atoms with van der Waals surface area (Å²) in [6, 6.07) is 11.3. The highest BCUT2D eigenvalue weighted by Crippen LogP contribution is 2.27. The number of methoxy groups -OCH3 is 1. The van der Waals surface area contributed by atoms with Gasteiger partial charge >= 0.3 is 0 Å². The highest BCUT2D eigenvalue weighted by Gasteiger charge is 2.34. The first-order valence-electron chi connectivity index (χ1n) is 9.90. The largest absolute Gasteiger partial charge is 0.496 e. The summed E-state index contributed by atoms with van der Waals surface area (Å²) in [5, 5.41) is 5.04. The van der Waals surface area contributed by atoms with Gasteiger partial charge in [-0.05, 0) is 44.4 Å². The molecule has 2 heterocycles. The fourth-order valence-corrected chi connectivity index (χ4v) is 4.52. The Morgan fingerprint density at radius 3 is 2.76 bits per heavy atom. The van der Waals surface area contributed by atoms with Gasteiger partial charge in [0.15, 0.2) is 0 Å². The lowest BCUT2D eigenvalue weighted by Gasteiger charge is -2.28. The molecule has 0 radical (unpaired) electrons. The smallest absolute Gasteiger partial charge is 0.242 e. The minimum Gasteiger partial charge on any atom is -0.496 e. The van der Waals surface area contributed by atoms with Crippen LogP contribution in [0, 0.1) is 0 Å². The van der Waals surface area contributed by atoms with Gasteiger partial charge in [-0.15, -0.1) is 11.3 Å². The lowest BCUT2D eigenvalue weighted by Crippen LogP contribution is -2.48. The summed E-state index contributed by atoms with van der Waals surface area (Å²) in [5.74, 6) is 0.747. The Kier molecular flexibility index (Phi) is 7.28. The van der Waals surface area contributed by atoms with E-state index in [0.717, 1.165) is 22.6 Å². The Balaban J connectivity index is 1.64. The second kappa shape index (κ2) is 9.89. The number of nitrogens with zero attached hydrogens (tertiary/aromatic N) is 2. The van der Waals surface area contributed by atoms with Crippen LogP contribution in [-0.4, -0.2) is 62.0 Å². The summed E-state index contributed by atoms with van der Waals surface area (Å²) in [4.78, 5) is 30.5. The van der Waals surface area contributed by atoms with Crippen molar-refractivity contribution >= 4 is 23.2 Å². The van der Waals surface area contributed by atoms with Gasteiger partial charge in [0, 0.05) is 23.5 Å². The van der Waals surface area contributed by atoms with E-state index in [9.17, 15) is 9.59 Å². The summed E-state index contributed by atoms with van der Waals surface area (Å²) >= 11 is 1.57. The van der Waals surface area contributed by atoms with Crippen LogP contribution >= 0.6 is 11.3 Å². The number of rotatable bonds is 8. The molecule has 7 heteroatoms. The molecule has 2 atom stereocenters. The van der Waals surface area contributed by atoms with E-state index in [1.165, 1.54) is 0 Å². The highest BCUT2D eigenvalue weighted by atomic mass is 32.1. The van der Waals surface area contributed by atoms with Crippen molar-refractivity contribution < 1.29 is 14.3 Å². The van der Waals surface area contributed by atoms with Gasteiger partial charge in [0.25, 0.3) is 0 Å². The third-order valence-electron chi connectivity index (χ3n) is 5.37. The van der Waals surface area contributed by atoms with Crippen LogP contribution in [0.1, 0.15) is 29.3 Å². The van der Waals surface area contributed by atoms with Gasteiger partial charge in [0.1, 0.15) is 11.8 Å². The number of amides is 2. The van der Waals surface area contributed by atoms with Crippen molar-refractivity contribution in [3.8, 4) is 5.75 Å². The van der Waals surface area contributed by atoms with Crippen molar-refractivity contribution in [1.29, 1.82) is 0 Å². The van der Waals surface area contributed by atoms with Crippen molar-refractivity contribution in [1.82, 2.24) is 15.1 Å². The number of benzene rings is 1. The molecule has 0 spiro atoms. The van der Waals surface area contributed by atoms with Crippen LogP contribution < -0.4 is 10.1 Å². The van der Waals surface area contributed by atoms with Crippen LogP contribution in [0.3, 0.4) is 0 Å². The molecule has 2 unspecified atom stereocenters. The van der Waals surface area contributed by atoms with Gasteiger partial charge in [-0.25, -0.2) is 0 Å². The zero-order chi connectivity index (χ0) is 20.8. The van der Waals surface area contributed by atoms with E-state index in [1.54, 1.807) is 23.3 Å². The molecule has 0 aliphatic carbocycles. The third kappa shape index (κ3) is 5.16. The molecular weight excluding hydrogens is 386 g/mol. The quantitative estimate of drug-likeness (QED) is 0.720. The standard InChI is InChI=1S/C22H29N3O3S/c1-24(2)19(17-9-4-5-11-20(17)28-3)15-23-22(27)18-10-6-12-25(18)21(26)14-16-8-7-13-29-16/h4-5,7-9,11,13,18-19H,6,10,12,14-15H2,1-3H3,(H,23,27). The van der Waals surface area contributed by atoms with Gasteiger partial charge in [-0.3, -0.25) is 9.59 Å². The number of carbonyl (C=O) groups is 2. The molecule has 156 valence electrons. The number of carbonyl (C=O) groups excluding carboxylic acids is 2. The van der Waals surface area contributed by atoms with Gasteiger partial charge in [-0.2, -0.15) is 0 Å². The summed E-state index contributed by atoms with van der Waals surface area (Å²) in [6.45, 7) is 1.10. The Labute approximate surface area is 176 Å². The predicted octanol–water partition coefficient (Wildman–Crippen LogP) is 2.71. The van der Waals surface area contributed by atoms with Crippen molar-refractivity contribution in [2.75, 3.05) is 34.3 Å². The first kappa shape index (κ1) is 21.3. The van der Waals surface area contributed by atoms with Crippen LogP contribution in [0.15, 0.2) is 41.8 Å². The predicted molar refractivity (Wildman–Crippen MR) is 115 cm³/mol. The molecule has 1 aliphatic heterocycles. The molecule has 3 rings (SSSR count). The summed E-state index contributed by atoms with van der Waals surface area (Å²) in [6.07, 6.45) is 1.93. The minimum atomic E-state index is -0.386. The Hall–Kier alpha value is -2.38. The van der Waals surface area contributed by atoms with Crippen molar-refractivity contribution in [2.45, 2.75) is 31.3 Å². The SMILES string of the molecule is COc1ccccc1C(CNC(=O)C1CCCN1C(=O)Cc1cccs1)N(C)C. The number of ether oxygens (including phenoxy) is 1. The molecule has 1 aliphatic rings. The average molecular weight is 416 g/mol. The van der Waals surface area contributed by atoms with Crippen molar-refractivity contribution in [3.05, 3.63) is 52.2 Å². The van der Waals surface area contributed by atoms with Gasteiger partial charge in [0.2, 0.25) is 11.8 Å². The fraction of sp³-hybridized carbons (Fsp3) is 0.455. The molecule has 1 aromatic heterocycles. The molecule has 1 saturated heterocycles. The van der Waals surface area contributed by atoms with Crippen LogP contribution in [0.25, 0.3) is 0 Å². The number of likely N-dealkylation sites (tertiary alicyclic amines) is 1. The second-order valence-electron chi connectivity index (χ2n) is 7.47. The fourth-order valence-electron chi connectivity index (χ4n) is 3.83. The zero-order valence-corrected chi connectivity index (χ0v) is 18.1. The van der Waals surface area contributed by atoms with Crippen LogP contribution in [0.5, 0.6) is 5.75 Å². The Bertz CT molecular complexity index is 822. The number of hydrogen-bond acceptors (Lipinski definition) is 5. The normalized spacial score (nSPS) is 17.4. The van der Waals surface area contributed by atoms with Gasteiger partial charge < -0.3 is 19.9 Å². The monoisotopic (exact) mass is 415 g/mol. The topological polar surface area (TPSA) is 61.9 Å². The number of thiophene rings is 1. The van der Waals surface area contributed by atoms with E-state index in [1.807, 2.05) is 55.9 Å². The Morgan fingerprint density at radius 2 is 2.07 bits per heavy atom. The lowest BCUT2D eigenvalue weighted by molar-refractivity contribution is -0.138. The van der Waals surface area contributed by atoms with E-state index in [-0.39, 0.29) is 23.9 Å². The van der Waals surface area contributed by atoms with Gasteiger partial charge in [-0.1, -0.05) is 24.3 Å². The zero-order valence-electron chi connectivity index (χ0n) is 17.3. The van der Waals surface area contributed by atoms with Crippen LogP contribution in [0.4, 0.5) is 0 Å². The molecule has 2 amide bonds. The van der Waals surface area contributed by atoms with E-state index in [4.69, 9.17) is 4.74 Å². The minimum absolute atomic E-state index is 0.0215. The first-order chi connectivity index (χ1) is 14.0. The van der Waals surface area contributed by atoms with Crippen molar-refractivity contribution in [3.63, 3.8) is 0 Å². The number of nitrogens with one attached hydrogen (secondary N) is 1. The molecule has 1 N–H and O–H groups in total. The number of para-hydroxylation sites is 1. The maximum Gasteiger partial charge on any atom is 0.242 e. The maximum atomic E-state index is 12.9. The van der Waals surface area contributed by atoms with E-state index in [0.29, 0.717) is 25.9 Å². The van der Waals surface area contributed by atoms with E-state index < -0.39 is 0 Å². The second-order valence-corrected chi connectivity index (χ2v) is 8.50. The van der Waals surface area contributed by atoms with E-state index in [2.05, 4.69) is 10.2 Å². The number of hydrogen-bond donors (Lipinski definition) is 1. The molecule has 0 saturated carbocycles.